The van der Waals surface area contributed by atoms with Gasteiger partial charge in [0.1, 0.15) is 5.75 Å². The van der Waals surface area contributed by atoms with Crippen LogP contribution in [-0.4, -0.2) is 18.9 Å². The number of nitrogens with one attached hydrogen (secondary N) is 2. The third kappa shape index (κ3) is 4.49. The van der Waals surface area contributed by atoms with Crippen molar-refractivity contribution in [2.75, 3.05) is 17.7 Å². The molecule has 0 aromatic heterocycles. The van der Waals surface area contributed by atoms with Crippen molar-refractivity contribution in [1.29, 1.82) is 0 Å². The molecule has 0 fully saturated rings. The Morgan fingerprint density at radius 3 is 2.46 bits per heavy atom. The van der Waals surface area contributed by atoms with Gasteiger partial charge in [-0.05, 0) is 30.3 Å². The molecule has 2 aromatic carbocycles. The summed E-state index contributed by atoms with van der Waals surface area (Å²) in [6, 6.07) is 11.7. The van der Waals surface area contributed by atoms with Crippen LogP contribution < -0.4 is 15.4 Å². The maximum Gasteiger partial charge on any atom is 0.255 e. The van der Waals surface area contributed by atoms with Gasteiger partial charge in [0, 0.05) is 28.3 Å². The zero-order valence-electron chi connectivity index (χ0n) is 13.7. The predicted octanol–water partition coefficient (Wildman–Crippen LogP) is 4.20. The number of rotatable bonds is 5. The van der Waals surface area contributed by atoms with E-state index in [0.29, 0.717) is 27.7 Å². The molecule has 0 bridgehead atoms. The van der Waals surface area contributed by atoms with E-state index in [4.69, 9.17) is 16.3 Å². The third-order valence-corrected chi connectivity index (χ3v) is 3.56. The number of ether oxygens (including phenoxy) is 1. The molecule has 5 nitrogen and oxygen atoms in total. The van der Waals surface area contributed by atoms with Gasteiger partial charge in [-0.2, -0.15) is 0 Å². The molecule has 0 radical (unpaired) electrons. The van der Waals surface area contributed by atoms with E-state index < -0.39 is 0 Å². The van der Waals surface area contributed by atoms with Crippen molar-refractivity contribution in [3.8, 4) is 5.75 Å². The molecular formula is C18H19ClN2O3. The number of anilines is 2. The van der Waals surface area contributed by atoms with Gasteiger partial charge >= 0.3 is 0 Å². The molecule has 0 saturated heterocycles. The molecule has 2 rings (SSSR count). The summed E-state index contributed by atoms with van der Waals surface area (Å²) in [5, 5.41) is 6.05. The van der Waals surface area contributed by atoms with Crippen LogP contribution in [0.15, 0.2) is 42.5 Å². The minimum atomic E-state index is -0.279. The second-order valence-electron chi connectivity index (χ2n) is 5.52. The van der Waals surface area contributed by atoms with Gasteiger partial charge in [-0.15, -0.1) is 0 Å². The molecule has 0 aliphatic rings. The number of hydrogen-bond donors (Lipinski definition) is 2. The second kappa shape index (κ2) is 7.84. The minimum absolute atomic E-state index is 0.107. The van der Waals surface area contributed by atoms with Crippen molar-refractivity contribution in [2.45, 2.75) is 13.8 Å². The summed E-state index contributed by atoms with van der Waals surface area (Å²) in [7, 11) is 1.50. The molecular weight excluding hydrogens is 328 g/mol. The summed E-state index contributed by atoms with van der Waals surface area (Å²) in [6.07, 6.45) is 0. The average molecular weight is 347 g/mol. The lowest BCUT2D eigenvalue weighted by Crippen LogP contribution is -2.18. The number of benzene rings is 2. The first-order valence-electron chi connectivity index (χ1n) is 7.46. The summed E-state index contributed by atoms with van der Waals surface area (Å²) in [5.74, 6) is -0.0626. The molecule has 0 spiro atoms. The first-order valence-corrected chi connectivity index (χ1v) is 7.84. The highest BCUT2D eigenvalue weighted by atomic mass is 35.5. The van der Waals surface area contributed by atoms with E-state index in [1.165, 1.54) is 7.11 Å². The normalized spacial score (nSPS) is 10.4. The smallest absolute Gasteiger partial charge is 0.255 e. The number of carbonyl (C=O) groups is 2. The number of halogens is 1. The van der Waals surface area contributed by atoms with Gasteiger partial charge in [-0.25, -0.2) is 0 Å². The number of carbonyl (C=O) groups excluding carboxylic acids is 2. The van der Waals surface area contributed by atoms with E-state index >= 15 is 0 Å². The van der Waals surface area contributed by atoms with Crippen LogP contribution in [0.5, 0.6) is 5.75 Å². The largest absolute Gasteiger partial charge is 0.494 e. The monoisotopic (exact) mass is 346 g/mol. The van der Waals surface area contributed by atoms with Crippen molar-refractivity contribution in [1.82, 2.24) is 0 Å². The maximum atomic E-state index is 12.2. The van der Waals surface area contributed by atoms with Crippen LogP contribution in [0.25, 0.3) is 0 Å². The van der Waals surface area contributed by atoms with Gasteiger partial charge in [-0.1, -0.05) is 31.5 Å². The highest BCUT2D eigenvalue weighted by Crippen LogP contribution is 2.28. The molecule has 0 saturated carbocycles. The lowest BCUT2D eigenvalue weighted by atomic mass is 10.2. The van der Waals surface area contributed by atoms with Gasteiger partial charge in [0.15, 0.2) is 0 Å². The van der Waals surface area contributed by atoms with Crippen LogP contribution in [-0.2, 0) is 4.79 Å². The van der Waals surface area contributed by atoms with E-state index in [2.05, 4.69) is 10.6 Å². The fourth-order valence-corrected chi connectivity index (χ4v) is 2.17. The van der Waals surface area contributed by atoms with E-state index in [1.54, 1.807) is 56.3 Å². The van der Waals surface area contributed by atoms with Crippen LogP contribution in [0.2, 0.25) is 5.02 Å². The minimum Gasteiger partial charge on any atom is -0.494 e. The first-order chi connectivity index (χ1) is 11.4. The van der Waals surface area contributed by atoms with Crippen LogP contribution in [0.3, 0.4) is 0 Å². The van der Waals surface area contributed by atoms with Gasteiger partial charge in [-0.3, -0.25) is 9.59 Å². The van der Waals surface area contributed by atoms with E-state index in [9.17, 15) is 9.59 Å². The molecule has 2 amide bonds. The van der Waals surface area contributed by atoms with Crippen molar-refractivity contribution < 1.29 is 14.3 Å². The van der Waals surface area contributed by atoms with Crippen molar-refractivity contribution >= 4 is 34.8 Å². The Balaban J connectivity index is 2.17. The SMILES string of the molecule is COc1cc(NC(=O)c2cccc(Cl)c2)ccc1NC(=O)C(C)C. The van der Waals surface area contributed by atoms with Gasteiger partial charge in [0.25, 0.3) is 5.91 Å². The average Bonchev–Trinajstić information content (AvgIpc) is 2.55. The van der Waals surface area contributed by atoms with Crippen molar-refractivity contribution in [3.63, 3.8) is 0 Å². The number of methoxy groups -OCH3 is 1. The molecule has 0 unspecified atom stereocenters. The van der Waals surface area contributed by atoms with Crippen molar-refractivity contribution in [2.24, 2.45) is 5.92 Å². The van der Waals surface area contributed by atoms with Crippen LogP contribution in [0, 0.1) is 5.92 Å². The standard InChI is InChI=1S/C18H19ClN2O3/c1-11(2)17(22)21-15-8-7-14(10-16(15)24-3)20-18(23)12-5-4-6-13(19)9-12/h4-11H,1-3H3,(H,20,23)(H,21,22). The summed E-state index contributed by atoms with van der Waals surface area (Å²) in [5.41, 5.74) is 1.56. The van der Waals surface area contributed by atoms with Gasteiger partial charge < -0.3 is 15.4 Å². The maximum absolute atomic E-state index is 12.2. The summed E-state index contributed by atoms with van der Waals surface area (Å²) < 4.78 is 5.29. The van der Waals surface area contributed by atoms with Gasteiger partial charge in [0.2, 0.25) is 5.91 Å². The van der Waals surface area contributed by atoms with Crippen LogP contribution >= 0.6 is 11.6 Å². The Labute approximate surface area is 146 Å². The number of hydrogen-bond acceptors (Lipinski definition) is 3. The van der Waals surface area contributed by atoms with E-state index in [1.807, 2.05) is 0 Å². The molecule has 24 heavy (non-hydrogen) atoms. The van der Waals surface area contributed by atoms with Crippen molar-refractivity contribution in [3.05, 3.63) is 53.1 Å². The van der Waals surface area contributed by atoms with E-state index in [0.717, 1.165) is 0 Å². The molecule has 2 N–H and O–H groups in total. The first kappa shape index (κ1) is 17.8. The Morgan fingerprint density at radius 1 is 1.08 bits per heavy atom. The highest BCUT2D eigenvalue weighted by Gasteiger charge is 2.13. The molecule has 0 aliphatic carbocycles. The predicted molar refractivity (Wildman–Crippen MR) is 95.9 cm³/mol. The summed E-state index contributed by atoms with van der Waals surface area (Å²) in [4.78, 5) is 24.0. The highest BCUT2D eigenvalue weighted by molar-refractivity contribution is 6.31. The summed E-state index contributed by atoms with van der Waals surface area (Å²) in [6.45, 7) is 3.61. The van der Waals surface area contributed by atoms with Crippen LogP contribution in [0.4, 0.5) is 11.4 Å². The second-order valence-corrected chi connectivity index (χ2v) is 5.96. The fourth-order valence-electron chi connectivity index (χ4n) is 1.98. The molecule has 126 valence electrons. The lowest BCUT2D eigenvalue weighted by molar-refractivity contribution is -0.118. The lowest BCUT2D eigenvalue weighted by Gasteiger charge is -2.14. The third-order valence-electron chi connectivity index (χ3n) is 3.33. The topological polar surface area (TPSA) is 67.4 Å². The quantitative estimate of drug-likeness (QED) is 0.852. The number of amides is 2. The molecule has 0 heterocycles. The molecule has 0 atom stereocenters. The Bertz CT molecular complexity index is 760. The molecule has 0 aliphatic heterocycles. The summed E-state index contributed by atoms with van der Waals surface area (Å²) >= 11 is 5.89. The molecule has 2 aromatic rings. The fraction of sp³-hybridized carbons (Fsp3) is 0.222. The zero-order chi connectivity index (χ0) is 17.7. The Kier molecular flexibility index (Phi) is 5.82. The van der Waals surface area contributed by atoms with Crippen LogP contribution in [0.1, 0.15) is 24.2 Å². The Morgan fingerprint density at radius 2 is 1.83 bits per heavy atom. The van der Waals surface area contributed by atoms with E-state index in [-0.39, 0.29) is 17.7 Å². The van der Waals surface area contributed by atoms with Gasteiger partial charge in [0.05, 0.1) is 12.8 Å². The molecule has 6 heteroatoms. The zero-order valence-corrected chi connectivity index (χ0v) is 14.5. The Hall–Kier alpha value is -2.53.